The third kappa shape index (κ3) is 7.36. The van der Waals surface area contributed by atoms with Gasteiger partial charge in [0.15, 0.2) is 5.60 Å². The van der Waals surface area contributed by atoms with Crippen molar-refractivity contribution in [2.24, 2.45) is 18.4 Å². The van der Waals surface area contributed by atoms with E-state index in [1.165, 1.54) is 6.07 Å². The van der Waals surface area contributed by atoms with Crippen molar-refractivity contribution in [3.05, 3.63) is 72.8 Å². The summed E-state index contributed by atoms with van der Waals surface area (Å²) >= 11 is 0. The molecule has 0 saturated carbocycles. The molecule has 304 valence electrons. The molecule has 0 radical (unpaired) electrons. The highest BCUT2D eigenvalue weighted by atomic mass is 19.1. The molecule has 5 aliphatic heterocycles. The Kier molecular flexibility index (Phi) is 10.0. The van der Waals surface area contributed by atoms with Gasteiger partial charge in [0.2, 0.25) is 17.7 Å². The van der Waals surface area contributed by atoms with Crippen LogP contribution in [0.1, 0.15) is 51.4 Å². The topological polar surface area (TPSA) is 140 Å². The molecular formula is C43H50FN9O5. The number of nitrogens with zero attached hydrogens (tertiary/aromatic N) is 9. The van der Waals surface area contributed by atoms with Gasteiger partial charge >= 0.3 is 0 Å². The Labute approximate surface area is 337 Å². The van der Waals surface area contributed by atoms with Crippen molar-refractivity contribution in [1.82, 2.24) is 29.8 Å². The third-order valence-electron chi connectivity index (χ3n) is 12.9. The molecule has 58 heavy (non-hydrogen) atoms. The molecule has 9 rings (SSSR count). The first-order valence-corrected chi connectivity index (χ1v) is 20.5. The smallest absolute Gasteiger partial charge is 0.267 e. The number of imide groups is 1. The van der Waals surface area contributed by atoms with E-state index >= 15 is 4.39 Å². The number of phenolic OH excluding ortho intramolecular Hbond substituents is 1. The minimum absolute atomic E-state index is 0.0272. The Hall–Kier alpha value is -5.57. The second kappa shape index (κ2) is 15.3. The number of hydrogen-bond acceptors (Lipinski definition) is 11. The van der Waals surface area contributed by atoms with Crippen LogP contribution in [0, 0.1) is 17.2 Å². The Morgan fingerprint density at radius 1 is 0.914 bits per heavy atom. The van der Waals surface area contributed by atoms with Gasteiger partial charge in [0.05, 0.1) is 23.3 Å². The largest absolute Gasteiger partial charge is 0.507 e. The average molecular weight is 792 g/mol. The number of amides is 3. The molecule has 15 heteroatoms. The molecule has 0 aliphatic carbocycles. The molecule has 4 aromatic rings. The third-order valence-corrected chi connectivity index (χ3v) is 12.9. The Morgan fingerprint density at radius 2 is 1.64 bits per heavy atom. The van der Waals surface area contributed by atoms with Gasteiger partial charge in [-0.15, -0.1) is 5.10 Å². The van der Waals surface area contributed by atoms with Crippen molar-refractivity contribution in [1.29, 1.82) is 0 Å². The van der Waals surface area contributed by atoms with Crippen LogP contribution < -0.4 is 19.4 Å². The number of para-hydroxylation sites is 1. The SMILES string of the molecule is Cn1ccc(OC2(C(=O)N3CC4(CN(CCC5CCN(c6ccc(N7C(=O)CCCC7=O)c(F)c6)CC5)C4)C3)CCN(c3cnnc(-c4ccccc4O)c3)CC2)n1. The summed E-state index contributed by atoms with van der Waals surface area (Å²) in [5, 5.41) is 23.3. The summed E-state index contributed by atoms with van der Waals surface area (Å²) in [6.45, 7) is 7.30. The van der Waals surface area contributed by atoms with Gasteiger partial charge in [-0.1, -0.05) is 12.1 Å². The molecule has 1 N–H and O–H groups in total. The van der Waals surface area contributed by atoms with E-state index < -0.39 is 11.4 Å². The molecule has 14 nitrogen and oxygen atoms in total. The lowest BCUT2D eigenvalue weighted by molar-refractivity contribution is -0.176. The molecule has 5 saturated heterocycles. The predicted molar refractivity (Wildman–Crippen MR) is 215 cm³/mol. The summed E-state index contributed by atoms with van der Waals surface area (Å²) < 4.78 is 23.4. The molecule has 0 unspecified atom stereocenters. The first-order valence-electron chi connectivity index (χ1n) is 20.5. The minimum Gasteiger partial charge on any atom is -0.507 e. The molecule has 5 fully saturated rings. The number of piperidine rings is 3. The first kappa shape index (κ1) is 38.0. The van der Waals surface area contributed by atoms with Crippen LogP contribution in [0.3, 0.4) is 0 Å². The number of carbonyl (C=O) groups excluding carboxylic acids is 3. The van der Waals surface area contributed by atoms with Crippen LogP contribution in [0.15, 0.2) is 67.0 Å². The Bertz CT molecular complexity index is 2170. The van der Waals surface area contributed by atoms with Crippen molar-refractivity contribution in [2.45, 2.75) is 57.0 Å². The second-order valence-electron chi connectivity index (χ2n) is 16.9. The summed E-state index contributed by atoms with van der Waals surface area (Å²) in [5.41, 5.74) is 2.03. The Balaban J connectivity index is 0.756. The first-order chi connectivity index (χ1) is 28.1. The highest BCUT2D eigenvalue weighted by molar-refractivity contribution is 6.16. The number of hydrogen-bond donors (Lipinski definition) is 1. The van der Waals surface area contributed by atoms with Gasteiger partial charge in [0.25, 0.3) is 5.91 Å². The fourth-order valence-electron chi connectivity index (χ4n) is 9.68. The quantitative estimate of drug-likeness (QED) is 0.225. The average Bonchev–Trinajstić information content (AvgIpc) is 3.61. The molecule has 2 aromatic carbocycles. The number of aromatic nitrogens is 4. The van der Waals surface area contributed by atoms with Gasteiger partial charge in [0.1, 0.15) is 11.6 Å². The fourth-order valence-corrected chi connectivity index (χ4v) is 9.68. The van der Waals surface area contributed by atoms with E-state index in [4.69, 9.17) is 4.74 Å². The summed E-state index contributed by atoms with van der Waals surface area (Å²) in [6.07, 6.45) is 8.73. The van der Waals surface area contributed by atoms with Gasteiger partial charge in [-0.05, 0) is 74.5 Å². The molecular weight excluding hydrogens is 742 g/mol. The van der Waals surface area contributed by atoms with Crippen molar-refractivity contribution in [3.63, 3.8) is 0 Å². The van der Waals surface area contributed by atoms with E-state index in [9.17, 15) is 19.5 Å². The molecule has 5 aliphatic rings. The number of benzene rings is 2. The van der Waals surface area contributed by atoms with Crippen LogP contribution in [0.2, 0.25) is 0 Å². The van der Waals surface area contributed by atoms with Crippen LogP contribution in [-0.2, 0) is 21.4 Å². The standard InChI is InChI=1S/C43H50FN9O5/c1-48-17-14-38(47-48)58-43(15-21-51(22-16-43)32-24-35(46-45-25-32)33-5-2-3-6-37(33)54)41(57)52-28-42(29-52)26-49(27-42)18-11-30-12-19-50(20-13-30)31-9-10-36(34(44)23-31)53-39(55)7-4-8-40(53)56/h2-3,5-6,9-10,14,17,23-25,30,54H,4,7-8,11-13,15-16,18-22,26-29H2,1H3. The lowest BCUT2D eigenvalue weighted by Crippen LogP contribution is -2.75. The van der Waals surface area contributed by atoms with Crippen LogP contribution >= 0.6 is 0 Å². The van der Waals surface area contributed by atoms with Crippen molar-refractivity contribution in [2.75, 3.05) is 73.6 Å². The summed E-state index contributed by atoms with van der Waals surface area (Å²) in [5.74, 6) is -0.000798. The molecule has 1 spiro atoms. The molecule has 0 bridgehead atoms. The second-order valence-corrected chi connectivity index (χ2v) is 16.9. The maximum atomic E-state index is 15.2. The van der Waals surface area contributed by atoms with Gasteiger partial charge in [0, 0.05) is 114 Å². The monoisotopic (exact) mass is 791 g/mol. The number of halogens is 1. The van der Waals surface area contributed by atoms with Gasteiger partial charge < -0.3 is 29.4 Å². The number of aryl methyl sites for hydroxylation is 1. The zero-order chi connectivity index (χ0) is 40.0. The number of aromatic hydroxyl groups is 1. The van der Waals surface area contributed by atoms with Gasteiger partial charge in [-0.3, -0.25) is 19.1 Å². The zero-order valence-corrected chi connectivity index (χ0v) is 32.9. The Morgan fingerprint density at radius 3 is 2.33 bits per heavy atom. The van der Waals surface area contributed by atoms with Crippen molar-refractivity contribution in [3.8, 4) is 22.9 Å². The molecule has 7 heterocycles. The number of rotatable bonds is 10. The summed E-state index contributed by atoms with van der Waals surface area (Å²) in [6, 6.07) is 15.7. The highest BCUT2D eigenvalue weighted by Gasteiger charge is 2.57. The molecule has 2 aromatic heterocycles. The van der Waals surface area contributed by atoms with Crippen LogP contribution in [0.4, 0.5) is 21.5 Å². The van der Waals surface area contributed by atoms with E-state index in [0.717, 1.165) is 81.4 Å². The normalized spacial score (nSPS) is 20.9. The summed E-state index contributed by atoms with van der Waals surface area (Å²) in [4.78, 5) is 48.9. The van der Waals surface area contributed by atoms with E-state index in [0.29, 0.717) is 55.4 Å². The fraction of sp³-hybridized carbons (Fsp3) is 0.488. The maximum Gasteiger partial charge on any atom is 0.267 e. The van der Waals surface area contributed by atoms with Crippen LogP contribution in [0.25, 0.3) is 11.3 Å². The molecule has 3 amide bonds. The lowest BCUT2D eigenvalue weighted by atomic mass is 9.71. The van der Waals surface area contributed by atoms with E-state index in [-0.39, 0.29) is 47.4 Å². The summed E-state index contributed by atoms with van der Waals surface area (Å²) in [7, 11) is 1.84. The number of anilines is 3. The van der Waals surface area contributed by atoms with Crippen LogP contribution in [0.5, 0.6) is 11.6 Å². The predicted octanol–water partition coefficient (Wildman–Crippen LogP) is 4.63. The molecule has 0 atom stereocenters. The highest BCUT2D eigenvalue weighted by Crippen LogP contribution is 2.43. The maximum absolute atomic E-state index is 15.2. The van der Waals surface area contributed by atoms with E-state index in [1.807, 2.05) is 42.4 Å². The van der Waals surface area contributed by atoms with Gasteiger partial charge in [-0.25, -0.2) is 9.29 Å². The van der Waals surface area contributed by atoms with Crippen LogP contribution in [-0.4, -0.2) is 117 Å². The number of carbonyl (C=O) groups is 3. The number of likely N-dealkylation sites (tertiary alicyclic amines) is 2. The zero-order valence-electron chi connectivity index (χ0n) is 32.9. The lowest BCUT2D eigenvalue weighted by Gasteiger charge is -2.61. The van der Waals surface area contributed by atoms with Crippen molar-refractivity contribution >= 4 is 34.8 Å². The van der Waals surface area contributed by atoms with Crippen molar-refractivity contribution < 1.29 is 28.6 Å². The van der Waals surface area contributed by atoms with E-state index in [2.05, 4.69) is 30.0 Å². The van der Waals surface area contributed by atoms with Gasteiger partial charge in [-0.2, -0.15) is 10.2 Å². The van der Waals surface area contributed by atoms with E-state index in [1.54, 1.807) is 35.1 Å². The number of phenols is 1. The minimum atomic E-state index is -1.02. The number of ether oxygens (including phenoxy) is 1.